The Bertz CT molecular complexity index is 2850. The van der Waals surface area contributed by atoms with Gasteiger partial charge < -0.3 is 4.42 Å². The fourth-order valence-corrected chi connectivity index (χ4v) is 6.83. The molecule has 0 N–H and O–H groups in total. The van der Waals surface area contributed by atoms with Gasteiger partial charge in [0.2, 0.25) is 0 Å². The third-order valence-electron chi connectivity index (χ3n) is 9.09. The molecule has 6 heteroatoms. The second kappa shape index (κ2) is 10.4. The standard InChI is InChI=1S/C42H25N5O/c1-2-11-27(12-3-1)40-44-41(29-19-18-26-10-4-5-13-28(26)24-29)46-42(45-40)30-22-23-43-37(25-30)47-35-16-8-6-14-31(35)33-20-21-34-32-15-7-9-17-36(32)48-39(34)38(33)47/h1-25H. The molecule has 10 rings (SSSR count). The lowest BCUT2D eigenvalue weighted by atomic mass is 10.1. The molecule has 4 heterocycles. The van der Waals surface area contributed by atoms with Gasteiger partial charge in [-0.15, -0.1) is 0 Å². The SMILES string of the molecule is c1ccc(-c2nc(-c3ccnc(-n4c5ccccc5c5ccc6c7ccccc7oc6c54)c3)nc(-c3ccc4ccccc4c3)n2)cc1. The van der Waals surface area contributed by atoms with Crippen LogP contribution in [0.1, 0.15) is 0 Å². The maximum absolute atomic E-state index is 6.55. The third-order valence-corrected chi connectivity index (χ3v) is 9.09. The first-order chi connectivity index (χ1) is 23.8. The Labute approximate surface area is 274 Å². The van der Waals surface area contributed by atoms with Gasteiger partial charge in [0.05, 0.1) is 11.0 Å². The average molecular weight is 616 g/mol. The Hall–Kier alpha value is -6.66. The van der Waals surface area contributed by atoms with Crippen LogP contribution in [0.25, 0.3) is 94.5 Å². The highest BCUT2D eigenvalue weighted by Crippen LogP contribution is 2.40. The van der Waals surface area contributed by atoms with E-state index in [1.54, 1.807) is 0 Å². The molecule has 0 spiro atoms. The van der Waals surface area contributed by atoms with E-state index in [2.05, 4.69) is 83.4 Å². The lowest BCUT2D eigenvalue weighted by molar-refractivity contribution is 0.671. The van der Waals surface area contributed by atoms with Gasteiger partial charge >= 0.3 is 0 Å². The summed E-state index contributed by atoms with van der Waals surface area (Å²) in [5, 5.41) is 6.70. The molecule has 48 heavy (non-hydrogen) atoms. The Kier molecular flexibility index (Phi) is 5.77. The number of furan rings is 1. The van der Waals surface area contributed by atoms with Crippen molar-refractivity contribution in [3.8, 4) is 40.0 Å². The molecule has 0 saturated carbocycles. The predicted octanol–water partition coefficient (Wildman–Crippen LogP) is 10.4. The van der Waals surface area contributed by atoms with Gasteiger partial charge in [-0.2, -0.15) is 0 Å². The third kappa shape index (κ3) is 4.13. The summed E-state index contributed by atoms with van der Waals surface area (Å²) < 4.78 is 8.75. The number of aromatic nitrogens is 5. The van der Waals surface area contributed by atoms with Gasteiger partial charge in [-0.05, 0) is 47.2 Å². The van der Waals surface area contributed by atoms with Crippen molar-refractivity contribution in [1.29, 1.82) is 0 Å². The lowest BCUT2D eigenvalue weighted by Gasteiger charge is -2.11. The van der Waals surface area contributed by atoms with Crippen LogP contribution in [0.4, 0.5) is 0 Å². The summed E-state index contributed by atoms with van der Waals surface area (Å²) in [6, 6.07) is 49.7. The van der Waals surface area contributed by atoms with Gasteiger partial charge in [0.15, 0.2) is 23.1 Å². The molecule has 0 radical (unpaired) electrons. The number of para-hydroxylation sites is 2. The lowest BCUT2D eigenvalue weighted by Crippen LogP contribution is -2.02. The minimum Gasteiger partial charge on any atom is -0.454 e. The highest BCUT2D eigenvalue weighted by Gasteiger charge is 2.20. The van der Waals surface area contributed by atoms with Crippen molar-refractivity contribution in [2.45, 2.75) is 0 Å². The molecule has 6 aromatic carbocycles. The zero-order valence-corrected chi connectivity index (χ0v) is 25.6. The normalized spacial score (nSPS) is 11.8. The first kappa shape index (κ1) is 26.5. The number of fused-ring (bicyclic) bond motifs is 8. The van der Waals surface area contributed by atoms with Crippen LogP contribution in [0, 0.1) is 0 Å². The maximum atomic E-state index is 6.55. The Balaban J connectivity index is 1.21. The van der Waals surface area contributed by atoms with E-state index >= 15 is 0 Å². The van der Waals surface area contributed by atoms with Crippen LogP contribution in [0.15, 0.2) is 156 Å². The Morgan fingerprint density at radius 3 is 1.98 bits per heavy atom. The van der Waals surface area contributed by atoms with Crippen molar-refractivity contribution in [1.82, 2.24) is 24.5 Å². The first-order valence-electron chi connectivity index (χ1n) is 15.9. The van der Waals surface area contributed by atoms with E-state index < -0.39 is 0 Å². The van der Waals surface area contributed by atoms with Crippen LogP contribution >= 0.6 is 0 Å². The average Bonchev–Trinajstić information content (AvgIpc) is 3.71. The van der Waals surface area contributed by atoms with Gasteiger partial charge in [-0.1, -0.05) is 109 Å². The minimum absolute atomic E-state index is 0.574. The number of pyridine rings is 1. The van der Waals surface area contributed by atoms with E-state index in [4.69, 9.17) is 24.4 Å². The van der Waals surface area contributed by atoms with Crippen LogP contribution in [0.3, 0.4) is 0 Å². The van der Waals surface area contributed by atoms with E-state index in [-0.39, 0.29) is 0 Å². The van der Waals surface area contributed by atoms with Crippen molar-refractivity contribution in [2.24, 2.45) is 0 Å². The maximum Gasteiger partial charge on any atom is 0.164 e. The van der Waals surface area contributed by atoms with E-state index in [0.717, 1.165) is 71.6 Å². The van der Waals surface area contributed by atoms with E-state index in [1.807, 2.05) is 72.9 Å². The molecule has 0 saturated heterocycles. The second-order valence-corrected chi connectivity index (χ2v) is 11.9. The summed E-state index contributed by atoms with van der Waals surface area (Å²) in [6.45, 7) is 0. The van der Waals surface area contributed by atoms with Crippen LogP contribution < -0.4 is 0 Å². The molecule has 0 amide bonds. The first-order valence-corrected chi connectivity index (χ1v) is 15.9. The molecule has 10 aromatic rings. The number of rotatable bonds is 4. The molecule has 0 aliphatic rings. The highest BCUT2D eigenvalue weighted by atomic mass is 16.3. The van der Waals surface area contributed by atoms with Crippen molar-refractivity contribution in [3.63, 3.8) is 0 Å². The predicted molar refractivity (Wildman–Crippen MR) is 193 cm³/mol. The van der Waals surface area contributed by atoms with Gasteiger partial charge in [0.25, 0.3) is 0 Å². The second-order valence-electron chi connectivity index (χ2n) is 11.9. The molecular formula is C42H25N5O. The Morgan fingerprint density at radius 2 is 1.12 bits per heavy atom. The van der Waals surface area contributed by atoms with Gasteiger partial charge in [-0.3, -0.25) is 4.57 Å². The fraction of sp³-hybridized carbons (Fsp3) is 0. The molecule has 0 atom stereocenters. The van der Waals surface area contributed by atoms with Crippen molar-refractivity contribution >= 4 is 54.5 Å². The molecule has 6 nitrogen and oxygen atoms in total. The number of benzene rings is 6. The smallest absolute Gasteiger partial charge is 0.164 e. The summed E-state index contributed by atoms with van der Waals surface area (Å²) in [7, 11) is 0. The van der Waals surface area contributed by atoms with Crippen LogP contribution in [-0.4, -0.2) is 24.5 Å². The quantitative estimate of drug-likeness (QED) is 0.197. The largest absolute Gasteiger partial charge is 0.454 e. The van der Waals surface area contributed by atoms with Crippen LogP contribution in [0.2, 0.25) is 0 Å². The van der Waals surface area contributed by atoms with E-state index in [9.17, 15) is 0 Å². The molecule has 4 aromatic heterocycles. The Morgan fingerprint density at radius 1 is 0.458 bits per heavy atom. The molecule has 0 unspecified atom stereocenters. The van der Waals surface area contributed by atoms with Crippen molar-refractivity contribution < 1.29 is 4.42 Å². The van der Waals surface area contributed by atoms with E-state index in [1.165, 1.54) is 5.39 Å². The van der Waals surface area contributed by atoms with Gasteiger partial charge in [0, 0.05) is 44.4 Å². The van der Waals surface area contributed by atoms with Crippen LogP contribution in [-0.2, 0) is 0 Å². The summed E-state index contributed by atoms with van der Waals surface area (Å²) in [6.07, 6.45) is 1.83. The zero-order chi connectivity index (χ0) is 31.6. The number of hydrogen-bond donors (Lipinski definition) is 0. The van der Waals surface area contributed by atoms with Crippen molar-refractivity contribution in [3.05, 3.63) is 152 Å². The summed E-state index contributed by atoms with van der Waals surface area (Å²) >= 11 is 0. The summed E-state index contributed by atoms with van der Waals surface area (Å²) in [5.74, 6) is 2.55. The summed E-state index contributed by atoms with van der Waals surface area (Å²) in [4.78, 5) is 19.9. The monoisotopic (exact) mass is 615 g/mol. The van der Waals surface area contributed by atoms with Gasteiger partial charge in [-0.25, -0.2) is 19.9 Å². The molecule has 0 bridgehead atoms. The molecule has 0 aliphatic carbocycles. The fourth-order valence-electron chi connectivity index (χ4n) is 6.83. The van der Waals surface area contributed by atoms with E-state index in [0.29, 0.717) is 17.5 Å². The highest BCUT2D eigenvalue weighted by molar-refractivity contribution is 6.21. The number of nitrogens with zero attached hydrogens (tertiary/aromatic N) is 5. The van der Waals surface area contributed by atoms with Crippen LogP contribution in [0.5, 0.6) is 0 Å². The van der Waals surface area contributed by atoms with Gasteiger partial charge in [0.1, 0.15) is 11.4 Å². The van der Waals surface area contributed by atoms with Crippen molar-refractivity contribution in [2.75, 3.05) is 0 Å². The molecule has 0 aliphatic heterocycles. The minimum atomic E-state index is 0.574. The summed E-state index contributed by atoms with van der Waals surface area (Å²) in [5.41, 5.74) is 6.41. The molecule has 224 valence electrons. The number of hydrogen-bond acceptors (Lipinski definition) is 5. The zero-order valence-electron chi connectivity index (χ0n) is 25.6. The topological polar surface area (TPSA) is 69.6 Å². The molecular weight excluding hydrogens is 590 g/mol. The molecule has 0 fully saturated rings.